The molecule has 7 N–H and O–H groups in total. The summed E-state index contributed by atoms with van der Waals surface area (Å²) < 4.78 is 0. The van der Waals surface area contributed by atoms with E-state index in [2.05, 4.69) is 5.16 Å². The third-order valence-corrected chi connectivity index (χ3v) is 6.49. The van der Waals surface area contributed by atoms with E-state index in [0.717, 1.165) is 0 Å². The summed E-state index contributed by atoms with van der Waals surface area (Å²) in [6, 6.07) is 2.78. The number of ketones is 2. The van der Waals surface area contributed by atoms with Crippen molar-refractivity contribution in [3.8, 4) is 5.75 Å². The van der Waals surface area contributed by atoms with Gasteiger partial charge in [0.15, 0.2) is 11.4 Å². The fraction of sp³-hybridized carbons (Fsp3) is 0.333. The van der Waals surface area contributed by atoms with Crippen LogP contribution in [0, 0.1) is 11.8 Å². The number of benzene rings is 1. The quantitative estimate of drug-likeness (QED) is 0.171. The van der Waals surface area contributed by atoms with E-state index in [0.29, 0.717) is 11.1 Å². The van der Waals surface area contributed by atoms with Gasteiger partial charge in [0, 0.05) is 23.5 Å². The van der Waals surface area contributed by atoms with Crippen LogP contribution in [-0.2, 0) is 20.8 Å². The number of carbonyl (C=O) groups excluding carboxylic acids is 3. The average Bonchev–Trinajstić information content (AvgIpc) is 2.70. The third kappa shape index (κ3) is 2.61. The lowest BCUT2D eigenvalue weighted by Crippen LogP contribution is -2.58. The lowest BCUT2D eigenvalue weighted by atomic mass is 9.59. The maximum Gasteiger partial charge on any atom is 0.255 e. The van der Waals surface area contributed by atoms with E-state index in [9.17, 15) is 40.0 Å². The smallest absolute Gasteiger partial charge is 0.255 e. The van der Waals surface area contributed by atoms with Crippen LogP contribution in [0.5, 0.6) is 5.75 Å². The standard InChI is InChI=1S/C21H20N2O8/c1-7(23-31)10-2-3-12(24)15-11(10)5-8-4-9-6-13(25)16(20(22)29)19(28)21(9,30)18(27)14(8)17(15)26/h2-3,8-9,24,26,28,30-31H,4-6H2,1H3,(H2,22,29)/b23-7-/t8-,9?,21+/m1/s1. The molecule has 3 aliphatic rings. The molecule has 0 heterocycles. The number of Topliss-reactive ketones (excluding diaryl/α,β-unsaturated/α-hetero) is 2. The first kappa shape index (κ1) is 20.6. The summed E-state index contributed by atoms with van der Waals surface area (Å²) >= 11 is 0. The number of hydrogen-bond acceptors (Lipinski definition) is 9. The molecule has 3 atom stereocenters. The van der Waals surface area contributed by atoms with Gasteiger partial charge in [-0.25, -0.2) is 0 Å². The first-order valence-corrected chi connectivity index (χ1v) is 9.55. The summed E-state index contributed by atoms with van der Waals surface area (Å²) in [5, 5.41) is 55.3. The Kier molecular flexibility index (Phi) is 4.44. The van der Waals surface area contributed by atoms with Gasteiger partial charge in [0.1, 0.15) is 22.8 Å². The molecule has 10 nitrogen and oxygen atoms in total. The van der Waals surface area contributed by atoms with Crippen LogP contribution < -0.4 is 5.73 Å². The Morgan fingerprint density at radius 2 is 1.87 bits per heavy atom. The lowest BCUT2D eigenvalue weighted by molar-refractivity contribution is -0.147. The number of fused-ring (bicyclic) bond motifs is 3. The summed E-state index contributed by atoms with van der Waals surface area (Å²) in [4.78, 5) is 37.3. The molecule has 0 aromatic heterocycles. The number of amides is 1. The van der Waals surface area contributed by atoms with Gasteiger partial charge in [-0.1, -0.05) is 5.16 Å². The Labute approximate surface area is 175 Å². The number of rotatable bonds is 2. The molecule has 1 fully saturated rings. The Bertz CT molecular complexity index is 1160. The van der Waals surface area contributed by atoms with E-state index < -0.39 is 52.0 Å². The molecule has 0 radical (unpaired) electrons. The van der Waals surface area contributed by atoms with Crippen molar-refractivity contribution in [3.05, 3.63) is 45.7 Å². The molecule has 1 amide bonds. The second-order valence-electron chi connectivity index (χ2n) is 8.08. The molecule has 0 aliphatic heterocycles. The van der Waals surface area contributed by atoms with Crippen LogP contribution in [0.15, 0.2) is 34.2 Å². The van der Waals surface area contributed by atoms with E-state index >= 15 is 0 Å². The topological polar surface area (TPSA) is 191 Å². The minimum Gasteiger partial charge on any atom is -0.508 e. The molecule has 1 aromatic carbocycles. The number of phenols is 1. The highest BCUT2D eigenvalue weighted by molar-refractivity contribution is 6.22. The van der Waals surface area contributed by atoms with Gasteiger partial charge in [0.2, 0.25) is 5.78 Å². The molecule has 0 saturated heterocycles. The Morgan fingerprint density at radius 3 is 2.48 bits per heavy atom. The number of aliphatic hydroxyl groups is 3. The van der Waals surface area contributed by atoms with Gasteiger partial charge in [0.05, 0.1) is 11.3 Å². The van der Waals surface area contributed by atoms with Gasteiger partial charge in [-0.15, -0.1) is 0 Å². The van der Waals surface area contributed by atoms with E-state index in [1.54, 1.807) is 0 Å². The number of hydrogen-bond donors (Lipinski definition) is 6. The number of carbonyl (C=O) groups is 3. The molecule has 4 rings (SSSR count). The van der Waals surface area contributed by atoms with E-state index in [-0.39, 0.29) is 41.9 Å². The van der Waals surface area contributed by atoms with Crippen LogP contribution in [0.4, 0.5) is 0 Å². The molecule has 1 saturated carbocycles. The van der Waals surface area contributed by atoms with Crippen LogP contribution in [0.3, 0.4) is 0 Å². The summed E-state index contributed by atoms with van der Waals surface area (Å²) in [6.07, 6.45) is -0.204. The molecular formula is C21H20N2O8. The SMILES string of the molecule is C/C(=N/O)c1ccc(O)c2c1C[C@H]1CC3CC(=O)C(C(N)=O)=C(O)[C@@]3(O)C(=O)C1=C2O. The molecule has 1 unspecified atom stereocenters. The lowest BCUT2D eigenvalue weighted by Gasteiger charge is -2.46. The van der Waals surface area contributed by atoms with Crippen LogP contribution in [0.25, 0.3) is 5.76 Å². The molecule has 3 aliphatic carbocycles. The van der Waals surface area contributed by atoms with E-state index in [1.807, 2.05) is 0 Å². The van der Waals surface area contributed by atoms with Crippen molar-refractivity contribution in [2.24, 2.45) is 22.7 Å². The number of primary amides is 1. The highest BCUT2D eigenvalue weighted by Gasteiger charge is 2.60. The maximum atomic E-state index is 13.3. The van der Waals surface area contributed by atoms with Gasteiger partial charge in [0.25, 0.3) is 5.91 Å². The molecule has 31 heavy (non-hydrogen) atoms. The summed E-state index contributed by atoms with van der Waals surface area (Å²) in [5.41, 5.74) is 2.58. The van der Waals surface area contributed by atoms with Gasteiger partial charge in [-0.3, -0.25) is 14.4 Å². The number of aromatic hydroxyl groups is 1. The minimum absolute atomic E-state index is 0.0350. The van der Waals surface area contributed by atoms with E-state index in [4.69, 9.17) is 5.73 Å². The molecule has 0 bridgehead atoms. The van der Waals surface area contributed by atoms with Gasteiger partial charge in [-0.05, 0) is 43.4 Å². The fourth-order valence-electron chi connectivity index (χ4n) is 5.01. The number of oxime groups is 1. The molecule has 162 valence electrons. The first-order chi connectivity index (χ1) is 14.5. The molecule has 0 spiro atoms. The Morgan fingerprint density at radius 1 is 1.19 bits per heavy atom. The zero-order valence-electron chi connectivity index (χ0n) is 16.4. The highest BCUT2D eigenvalue weighted by Crippen LogP contribution is 2.52. The van der Waals surface area contributed by atoms with Gasteiger partial charge in [-0.2, -0.15) is 0 Å². The second kappa shape index (κ2) is 6.67. The van der Waals surface area contributed by atoms with Crippen LogP contribution in [-0.4, -0.2) is 54.4 Å². The van der Waals surface area contributed by atoms with Crippen molar-refractivity contribution >= 4 is 28.9 Å². The highest BCUT2D eigenvalue weighted by atomic mass is 16.4. The maximum absolute atomic E-state index is 13.3. The number of nitrogens with zero attached hydrogens (tertiary/aromatic N) is 1. The average molecular weight is 428 g/mol. The summed E-state index contributed by atoms with van der Waals surface area (Å²) in [5.74, 6) is -6.81. The summed E-state index contributed by atoms with van der Waals surface area (Å²) in [6.45, 7) is 1.53. The number of phenolic OH excluding ortho intramolecular Hbond substituents is 1. The van der Waals surface area contributed by atoms with Crippen molar-refractivity contribution in [2.45, 2.75) is 31.8 Å². The molecule has 1 aromatic rings. The number of aliphatic hydroxyl groups excluding tert-OH is 2. The normalized spacial score (nSPS) is 28.3. The second-order valence-corrected chi connectivity index (χ2v) is 8.08. The predicted molar refractivity (Wildman–Crippen MR) is 105 cm³/mol. The molecule has 10 heteroatoms. The number of nitrogens with two attached hydrogens (primary N) is 1. The summed E-state index contributed by atoms with van der Waals surface area (Å²) in [7, 11) is 0. The zero-order valence-corrected chi connectivity index (χ0v) is 16.4. The Hall–Kier alpha value is -3.66. The van der Waals surface area contributed by atoms with Crippen LogP contribution in [0.2, 0.25) is 0 Å². The van der Waals surface area contributed by atoms with Crippen molar-refractivity contribution in [1.82, 2.24) is 0 Å². The van der Waals surface area contributed by atoms with Crippen LogP contribution >= 0.6 is 0 Å². The van der Waals surface area contributed by atoms with Crippen molar-refractivity contribution in [2.75, 3.05) is 0 Å². The van der Waals surface area contributed by atoms with Crippen LogP contribution in [0.1, 0.15) is 36.5 Å². The van der Waals surface area contributed by atoms with E-state index in [1.165, 1.54) is 19.1 Å². The zero-order chi connectivity index (χ0) is 22.8. The van der Waals surface area contributed by atoms with Gasteiger partial charge >= 0.3 is 0 Å². The third-order valence-electron chi connectivity index (χ3n) is 6.49. The van der Waals surface area contributed by atoms with Crippen molar-refractivity contribution in [3.63, 3.8) is 0 Å². The largest absolute Gasteiger partial charge is 0.508 e. The first-order valence-electron chi connectivity index (χ1n) is 9.55. The van der Waals surface area contributed by atoms with Gasteiger partial charge < -0.3 is 31.4 Å². The monoisotopic (exact) mass is 428 g/mol. The predicted octanol–water partition coefficient (Wildman–Crippen LogP) is 0.622. The van der Waals surface area contributed by atoms with Crippen molar-refractivity contribution < 1.29 is 40.0 Å². The van der Waals surface area contributed by atoms with Crippen molar-refractivity contribution in [1.29, 1.82) is 0 Å². The Balaban J connectivity index is 1.95. The minimum atomic E-state index is -2.59. The fourth-order valence-corrected chi connectivity index (χ4v) is 5.01. The molecular weight excluding hydrogens is 408 g/mol.